The van der Waals surface area contributed by atoms with E-state index in [-0.39, 0.29) is 24.3 Å². The molecule has 6 heteroatoms. The Morgan fingerprint density at radius 2 is 1.72 bits per heavy atom. The van der Waals surface area contributed by atoms with Gasteiger partial charge in [-0.2, -0.15) is 0 Å². The molecular formula is C23H22ClFN2O2. The number of halogens is 2. The highest BCUT2D eigenvalue weighted by Crippen LogP contribution is 2.29. The van der Waals surface area contributed by atoms with Crippen molar-refractivity contribution < 1.29 is 13.9 Å². The van der Waals surface area contributed by atoms with E-state index in [1.807, 2.05) is 42.3 Å². The second kappa shape index (κ2) is 9.54. The molecule has 0 aliphatic carbocycles. The fourth-order valence-corrected chi connectivity index (χ4v) is 3.50. The van der Waals surface area contributed by atoms with E-state index in [2.05, 4.69) is 5.32 Å². The van der Waals surface area contributed by atoms with E-state index in [9.17, 15) is 9.18 Å². The first-order chi connectivity index (χ1) is 14.0. The minimum absolute atomic E-state index is 0.139. The topological polar surface area (TPSA) is 41.6 Å². The van der Waals surface area contributed by atoms with Gasteiger partial charge in [0.25, 0.3) is 0 Å². The average molecular weight is 413 g/mol. The molecule has 0 radical (unpaired) electrons. The molecule has 0 spiro atoms. The van der Waals surface area contributed by atoms with Crippen molar-refractivity contribution in [1.29, 1.82) is 0 Å². The van der Waals surface area contributed by atoms with E-state index in [0.29, 0.717) is 16.5 Å². The van der Waals surface area contributed by atoms with Gasteiger partial charge in [-0.3, -0.25) is 9.69 Å². The van der Waals surface area contributed by atoms with Crippen molar-refractivity contribution in [3.8, 4) is 5.75 Å². The van der Waals surface area contributed by atoms with Gasteiger partial charge in [-0.15, -0.1) is 0 Å². The molecule has 0 heterocycles. The number of anilines is 1. The molecule has 1 atom stereocenters. The van der Waals surface area contributed by atoms with Crippen LogP contribution in [0.15, 0.2) is 72.8 Å². The normalized spacial score (nSPS) is 11.9. The summed E-state index contributed by atoms with van der Waals surface area (Å²) in [5.41, 5.74) is 2.51. The molecule has 29 heavy (non-hydrogen) atoms. The Balaban J connectivity index is 1.77. The second-order valence-corrected chi connectivity index (χ2v) is 7.08. The zero-order valence-electron chi connectivity index (χ0n) is 16.2. The third kappa shape index (κ3) is 5.34. The molecule has 0 saturated heterocycles. The first kappa shape index (κ1) is 20.8. The molecule has 0 aliphatic heterocycles. The van der Waals surface area contributed by atoms with Gasteiger partial charge in [0.15, 0.2) is 0 Å². The predicted octanol–water partition coefficient (Wildman–Crippen LogP) is 5.15. The van der Waals surface area contributed by atoms with Crippen LogP contribution in [-0.2, 0) is 4.79 Å². The Kier molecular flexibility index (Phi) is 6.86. The summed E-state index contributed by atoms with van der Waals surface area (Å²) in [4.78, 5) is 14.5. The van der Waals surface area contributed by atoms with Gasteiger partial charge in [-0.05, 0) is 48.5 Å². The Morgan fingerprint density at radius 3 is 2.34 bits per heavy atom. The molecule has 3 aromatic rings. The van der Waals surface area contributed by atoms with E-state index in [1.165, 1.54) is 19.2 Å². The number of rotatable bonds is 7. The lowest BCUT2D eigenvalue weighted by Gasteiger charge is -2.28. The number of nitrogens with zero attached hydrogens (tertiary/aromatic N) is 1. The van der Waals surface area contributed by atoms with E-state index >= 15 is 0 Å². The van der Waals surface area contributed by atoms with Gasteiger partial charge in [0.1, 0.15) is 11.6 Å². The fourth-order valence-electron chi connectivity index (χ4n) is 3.24. The third-order valence-electron chi connectivity index (χ3n) is 4.57. The second-order valence-electron chi connectivity index (χ2n) is 6.68. The number of likely N-dealkylation sites (N-methyl/N-ethyl adjacent to an activating group) is 1. The van der Waals surface area contributed by atoms with Gasteiger partial charge in [0, 0.05) is 5.69 Å². The number of benzene rings is 3. The quantitative estimate of drug-likeness (QED) is 0.583. The van der Waals surface area contributed by atoms with Gasteiger partial charge in [0.2, 0.25) is 5.91 Å². The van der Waals surface area contributed by atoms with Crippen LogP contribution in [0.25, 0.3) is 0 Å². The highest BCUT2D eigenvalue weighted by molar-refractivity contribution is 6.32. The maximum atomic E-state index is 13.4. The first-order valence-corrected chi connectivity index (χ1v) is 9.50. The molecular weight excluding hydrogens is 391 g/mol. The number of amides is 1. The largest absolute Gasteiger partial charge is 0.495 e. The lowest BCUT2D eigenvalue weighted by atomic mass is 9.97. The molecule has 3 aromatic carbocycles. The Bertz CT molecular complexity index is 964. The van der Waals surface area contributed by atoms with Crippen molar-refractivity contribution in [1.82, 2.24) is 4.90 Å². The molecule has 150 valence electrons. The molecule has 1 amide bonds. The Labute approximate surface area is 174 Å². The SMILES string of the molecule is COc1ccc(NC(=O)CN(C)C(c2ccccc2)c2ccc(F)cc2)cc1Cl. The summed E-state index contributed by atoms with van der Waals surface area (Å²) in [5.74, 6) is 0.0661. The number of carbonyl (C=O) groups excluding carboxylic acids is 1. The molecule has 4 nitrogen and oxygen atoms in total. The first-order valence-electron chi connectivity index (χ1n) is 9.12. The van der Waals surface area contributed by atoms with Crippen LogP contribution in [0.2, 0.25) is 5.02 Å². The van der Waals surface area contributed by atoms with Crippen LogP contribution >= 0.6 is 11.6 Å². The summed E-state index contributed by atoms with van der Waals surface area (Å²) in [6, 6.07) is 21.0. The van der Waals surface area contributed by atoms with E-state index in [1.54, 1.807) is 30.3 Å². The monoisotopic (exact) mass is 412 g/mol. The minimum atomic E-state index is -0.294. The lowest BCUT2D eigenvalue weighted by Crippen LogP contribution is -2.34. The Morgan fingerprint density at radius 1 is 1.07 bits per heavy atom. The van der Waals surface area contributed by atoms with Crippen LogP contribution in [0, 0.1) is 5.82 Å². The van der Waals surface area contributed by atoms with Gasteiger partial charge in [-0.1, -0.05) is 54.1 Å². The van der Waals surface area contributed by atoms with Crippen molar-refractivity contribution in [3.63, 3.8) is 0 Å². The van der Waals surface area contributed by atoms with Crippen LogP contribution < -0.4 is 10.1 Å². The number of hydrogen-bond acceptors (Lipinski definition) is 3. The third-order valence-corrected chi connectivity index (χ3v) is 4.87. The highest BCUT2D eigenvalue weighted by Gasteiger charge is 2.21. The van der Waals surface area contributed by atoms with Crippen LogP contribution in [0.3, 0.4) is 0 Å². The summed E-state index contributed by atoms with van der Waals surface area (Å²) < 4.78 is 18.5. The molecule has 0 aromatic heterocycles. The zero-order valence-corrected chi connectivity index (χ0v) is 17.0. The van der Waals surface area contributed by atoms with Crippen LogP contribution in [-0.4, -0.2) is 31.5 Å². The summed E-state index contributed by atoms with van der Waals surface area (Å²) in [7, 11) is 3.40. The van der Waals surface area contributed by atoms with Crippen LogP contribution in [0.4, 0.5) is 10.1 Å². The van der Waals surface area contributed by atoms with E-state index in [4.69, 9.17) is 16.3 Å². The standard InChI is InChI=1S/C23H22ClFN2O2/c1-27(15-22(28)26-19-12-13-21(29-2)20(24)14-19)23(16-6-4-3-5-7-16)17-8-10-18(25)11-9-17/h3-14,23H,15H2,1-2H3,(H,26,28). The molecule has 0 bridgehead atoms. The zero-order chi connectivity index (χ0) is 20.8. The maximum absolute atomic E-state index is 13.4. The Hall–Kier alpha value is -2.89. The summed E-state index contributed by atoms with van der Waals surface area (Å²) in [5, 5.41) is 3.27. The predicted molar refractivity (Wildman–Crippen MR) is 114 cm³/mol. The van der Waals surface area contributed by atoms with Crippen molar-refractivity contribution in [3.05, 3.63) is 94.8 Å². The van der Waals surface area contributed by atoms with Gasteiger partial charge < -0.3 is 10.1 Å². The van der Waals surface area contributed by atoms with E-state index < -0.39 is 0 Å². The lowest BCUT2D eigenvalue weighted by molar-refractivity contribution is -0.117. The van der Waals surface area contributed by atoms with Gasteiger partial charge >= 0.3 is 0 Å². The van der Waals surface area contributed by atoms with Crippen molar-refractivity contribution in [2.75, 3.05) is 26.0 Å². The summed E-state index contributed by atoms with van der Waals surface area (Å²) in [6.45, 7) is 0.139. The highest BCUT2D eigenvalue weighted by atomic mass is 35.5. The number of hydrogen-bond donors (Lipinski definition) is 1. The average Bonchev–Trinajstić information content (AvgIpc) is 2.70. The van der Waals surface area contributed by atoms with Crippen molar-refractivity contribution in [2.24, 2.45) is 0 Å². The molecule has 0 fully saturated rings. The van der Waals surface area contributed by atoms with Crippen LogP contribution in [0.1, 0.15) is 17.2 Å². The number of nitrogens with one attached hydrogen (secondary N) is 1. The van der Waals surface area contributed by atoms with Crippen LogP contribution in [0.5, 0.6) is 5.75 Å². The van der Waals surface area contributed by atoms with Gasteiger partial charge in [-0.25, -0.2) is 4.39 Å². The molecule has 0 saturated carbocycles. The molecule has 1 N–H and O–H groups in total. The van der Waals surface area contributed by atoms with E-state index in [0.717, 1.165) is 11.1 Å². The maximum Gasteiger partial charge on any atom is 0.238 e. The number of ether oxygens (including phenoxy) is 1. The van der Waals surface area contributed by atoms with Crippen molar-refractivity contribution >= 4 is 23.2 Å². The van der Waals surface area contributed by atoms with Gasteiger partial charge in [0.05, 0.1) is 24.7 Å². The smallest absolute Gasteiger partial charge is 0.238 e. The minimum Gasteiger partial charge on any atom is -0.495 e. The van der Waals surface area contributed by atoms with Crippen molar-refractivity contribution in [2.45, 2.75) is 6.04 Å². The summed E-state index contributed by atoms with van der Waals surface area (Å²) in [6.07, 6.45) is 0. The molecule has 3 rings (SSSR count). The molecule has 0 aliphatic rings. The molecule has 1 unspecified atom stereocenters. The summed E-state index contributed by atoms with van der Waals surface area (Å²) >= 11 is 6.12. The fraction of sp³-hybridized carbons (Fsp3) is 0.174. The number of methoxy groups -OCH3 is 1. The number of carbonyl (C=O) groups is 1.